The highest BCUT2D eigenvalue weighted by atomic mass is 35.5. The summed E-state index contributed by atoms with van der Waals surface area (Å²) in [7, 11) is 0. The minimum absolute atomic E-state index is 0.000547. The van der Waals surface area contributed by atoms with E-state index in [2.05, 4.69) is 64.1 Å². The number of piperazine rings is 1. The number of ether oxygens (including phenoxy) is 1. The zero-order chi connectivity index (χ0) is 30.7. The number of alkyl halides is 2. The van der Waals surface area contributed by atoms with Crippen LogP contribution in [0.3, 0.4) is 0 Å². The van der Waals surface area contributed by atoms with Crippen molar-refractivity contribution < 1.29 is 19.1 Å². The van der Waals surface area contributed by atoms with Gasteiger partial charge in [0.15, 0.2) is 0 Å². The van der Waals surface area contributed by atoms with E-state index in [-0.39, 0.29) is 47.8 Å². The predicted octanol–water partition coefficient (Wildman–Crippen LogP) is 5.69. The van der Waals surface area contributed by atoms with E-state index < -0.39 is 5.60 Å². The molecule has 0 bridgehead atoms. The van der Waals surface area contributed by atoms with Gasteiger partial charge in [-0.25, -0.2) is 4.79 Å². The van der Waals surface area contributed by atoms with E-state index in [1.165, 1.54) is 11.1 Å². The lowest BCUT2D eigenvalue weighted by atomic mass is 9.75. The van der Waals surface area contributed by atoms with E-state index in [4.69, 9.17) is 27.9 Å². The molecule has 2 aromatic rings. The molecule has 3 amide bonds. The summed E-state index contributed by atoms with van der Waals surface area (Å²) in [6.45, 7) is 7.60. The van der Waals surface area contributed by atoms with Gasteiger partial charge in [-0.2, -0.15) is 0 Å². The first-order valence-corrected chi connectivity index (χ1v) is 16.2. The van der Waals surface area contributed by atoms with Gasteiger partial charge in [0.1, 0.15) is 17.4 Å². The minimum Gasteiger partial charge on any atom is -0.444 e. The van der Waals surface area contributed by atoms with Gasteiger partial charge in [-0.3, -0.25) is 14.5 Å². The molecule has 3 aliphatic rings. The maximum atomic E-state index is 13.3. The summed E-state index contributed by atoms with van der Waals surface area (Å²) in [5.41, 5.74) is 4.14. The number of nitrogens with zero attached hydrogens (tertiary/aromatic N) is 2. The van der Waals surface area contributed by atoms with Crippen molar-refractivity contribution in [2.45, 2.75) is 82.0 Å². The van der Waals surface area contributed by atoms with Crippen molar-refractivity contribution in [1.29, 1.82) is 0 Å². The maximum Gasteiger partial charge on any atom is 0.410 e. The van der Waals surface area contributed by atoms with E-state index in [1.54, 1.807) is 0 Å². The van der Waals surface area contributed by atoms with Gasteiger partial charge in [0.2, 0.25) is 11.8 Å². The molecule has 5 rings (SSSR count). The number of rotatable bonds is 8. The Morgan fingerprint density at radius 2 is 1.23 bits per heavy atom. The van der Waals surface area contributed by atoms with Crippen molar-refractivity contribution in [2.75, 3.05) is 36.3 Å². The van der Waals surface area contributed by atoms with Crippen LogP contribution in [0.25, 0.3) is 0 Å². The first kappa shape index (κ1) is 31.5. The van der Waals surface area contributed by atoms with Gasteiger partial charge in [-0.15, -0.1) is 23.2 Å². The van der Waals surface area contributed by atoms with Crippen LogP contribution in [0.15, 0.2) is 48.5 Å². The molecule has 1 heterocycles. The lowest BCUT2D eigenvalue weighted by Gasteiger charge is -2.43. The fourth-order valence-corrected chi connectivity index (χ4v) is 6.49. The number of hydrogen-bond acceptors (Lipinski definition) is 5. The standard InChI is InChI=1S/C33H42Cl2N4O4/c1-33(2,3)43-32(42)39-13-12-38(28-10-8-22(9-11-28)25-16-27(17-25)37-31(41)19-35)20-29(39)23-6-4-21(5-7-23)24-14-26(15-24)36-30(40)18-34/h4-11,24-27,29H,12-20H2,1-3H3,(H,36,40)(H,37,41). The third-order valence-electron chi connectivity index (χ3n) is 8.78. The highest BCUT2D eigenvalue weighted by Gasteiger charge is 2.36. The molecule has 0 aromatic heterocycles. The smallest absolute Gasteiger partial charge is 0.410 e. The number of amides is 3. The first-order chi connectivity index (χ1) is 20.5. The van der Waals surface area contributed by atoms with E-state index in [9.17, 15) is 14.4 Å². The van der Waals surface area contributed by atoms with Crippen LogP contribution < -0.4 is 15.5 Å². The second kappa shape index (κ2) is 13.3. The van der Waals surface area contributed by atoms with Crippen LogP contribution in [0.2, 0.25) is 0 Å². The number of benzene rings is 2. The number of halogens is 2. The Labute approximate surface area is 264 Å². The Morgan fingerprint density at radius 1 is 0.767 bits per heavy atom. The quantitative estimate of drug-likeness (QED) is 0.367. The number of hydrogen-bond donors (Lipinski definition) is 2. The van der Waals surface area contributed by atoms with Crippen molar-refractivity contribution in [3.05, 3.63) is 65.2 Å². The molecule has 8 nitrogen and oxygen atoms in total. The first-order valence-electron chi connectivity index (χ1n) is 15.2. The number of carbonyl (C=O) groups is 3. The Bertz CT molecular complexity index is 1290. The summed E-state index contributed by atoms with van der Waals surface area (Å²) >= 11 is 11.2. The average Bonchev–Trinajstić information content (AvgIpc) is 2.95. The van der Waals surface area contributed by atoms with Crippen molar-refractivity contribution in [1.82, 2.24) is 15.5 Å². The molecule has 2 saturated carbocycles. The highest BCUT2D eigenvalue weighted by Crippen LogP contribution is 2.39. The fourth-order valence-electron chi connectivity index (χ4n) is 6.34. The van der Waals surface area contributed by atoms with Gasteiger partial charge in [0.25, 0.3) is 0 Å². The van der Waals surface area contributed by atoms with Gasteiger partial charge in [0.05, 0.1) is 6.04 Å². The lowest BCUT2D eigenvalue weighted by Crippen LogP contribution is -2.52. The van der Waals surface area contributed by atoms with Crippen LogP contribution in [0.1, 0.15) is 81.0 Å². The zero-order valence-electron chi connectivity index (χ0n) is 25.2. The molecule has 1 saturated heterocycles. The molecule has 0 spiro atoms. The van der Waals surface area contributed by atoms with Gasteiger partial charge in [-0.1, -0.05) is 36.4 Å². The van der Waals surface area contributed by atoms with E-state index in [0.717, 1.165) is 36.9 Å². The summed E-state index contributed by atoms with van der Waals surface area (Å²) in [6, 6.07) is 17.5. The second-order valence-electron chi connectivity index (χ2n) is 13.0. The Morgan fingerprint density at radius 3 is 1.70 bits per heavy atom. The van der Waals surface area contributed by atoms with Crippen LogP contribution >= 0.6 is 23.2 Å². The zero-order valence-corrected chi connectivity index (χ0v) is 26.7. The number of nitrogens with one attached hydrogen (secondary N) is 2. The fraction of sp³-hybridized carbons (Fsp3) is 0.545. The van der Waals surface area contributed by atoms with Crippen molar-refractivity contribution >= 4 is 46.8 Å². The molecular weight excluding hydrogens is 587 g/mol. The summed E-state index contributed by atoms with van der Waals surface area (Å²) in [4.78, 5) is 40.6. The van der Waals surface area contributed by atoms with Crippen LogP contribution in [0.5, 0.6) is 0 Å². The monoisotopic (exact) mass is 628 g/mol. The molecule has 2 N–H and O–H groups in total. The third-order valence-corrected chi connectivity index (χ3v) is 9.27. The Balaban J connectivity index is 1.25. The largest absolute Gasteiger partial charge is 0.444 e. The summed E-state index contributed by atoms with van der Waals surface area (Å²) in [6.07, 6.45) is 3.37. The topological polar surface area (TPSA) is 91.0 Å². The normalized spacial score (nSPS) is 25.3. The third kappa shape index (κ3) is 7.76. The Hall–Kier alpha value is -2.97. The van der Waals surface area contributed by atoms with Crippen LogP contribution in [-0.4, -0.2) is 71.9 Å². The van der Waals surface area contributed by atoms with Gasteiger partial charge in [0, 0.05) is 37.4 Å². The van der Waals surface area contributed by atoms with Gasteiger partial charge < -0.3 is 20.3 Å². The number of anilines is 1. The SMILES string of the molecule is CC(C)(C)OC(=O)N1CCN(c2ccc(C3CC(NC(=O)CCl)C3)cc2)CC1c1ccc(C2CC(NC(=O)CCl)C2)cc1. The predicted molar refractivity (Wildman–Crippen MR) is 170 cm³/mol. The number of carbonyl (C=O) groups excluding carboxylic acids is 3. The summed E-state index contributed by atoms with van der Waals surface area (Å²) in [5, 5.41) is 5.92. The molecule has 0 radical (unpaired) electrons. The minimum atomic E-state index is -0.578. The van der Waals surface area contributed by atoms with Crippen molar-refractivity contribution in [3.8, 4) is 0 Å². The molecular formula is C33H42Cl2N4O4. The van der Waals surface area contributed by atoms with E-state index >= 15 is 0 Å². The molecule has 3 fully saturated rings. The molecule has 2 aliphatic carbocycles. The second-order valence-corrected chi connectivity index (χ2v) is 13.6. The average molecular weight is 630 g/mol. The Kier molecular flexibility index (Phi) is 9.76. The van der Waals surface area contributed by atoms with E-state index in [1.807, 2.05) is 25.7 Å². The van der Waals surface area contributed by atoms with Gasteiger partial charge in [-0.05, 0) is 87.1 Å². The van der Waals surface area contributed by atoms with Crippen LogP contribution in [0.4, 0.5) is 10.5 Å². The molecule has 1 aliphatic heterocycles. The van der Waals surface area contributed by atoms with Crippen LogP contribution in [-0.2, 0) is 14.3 Å². The summed E-state index contributed by atoms with van der Waals surface area (Å²) < 4.78 is 5.80. The lowest BCUT2D eigenvalue weighted by molar-refractivity contribution is -0.120. The molecule has 10 heteroatoms. The van der Waals surface area contributed by atoms with Crippen molar-refractivity contribution in [2.24, 2.45) is 0 Å². The van der Waals surface area contributed by atoms with Gasteiger partial charge >= 0.3 is 6.09 Å². The molecule has 1 atom stereocenters. The maximum absolute atomic E-state index is 13.3. The molecule has 43 heavy (non-hydrogen) atoms. The highest BCUT2D eigenvalue weighted by molar-refractivity contribution is 6.27. The molecule has 232 valence electrons. The van der Waals surface area contributed by atoms with E-state index in [0.29, 0.717) is 31.5 Å². The van der Waals surface area contributed by atoms with Crippen LogP contribution in [0, 0.1) is 0 Å². The van der Waals surface area contributed by atoms with Crippen molar-refractivity contribution in [3.63, 3.8) is 0 Å². The molecule has 2 aromatic carbocycles. The molecule has 1 unspecified atom stereocenters. The summed E-state index contributed by atoms with van der Waals surface area (Å²) in [5.74, 6) is 0.598.